The molecule has 1 saturated heterocycles. The lowest BCUT2D eigenvalue weighted by molar-refractivity contribution is -0.0460. The molecule has 3 atom stereocenters. The third kappa shape index (κ3) is 2.76. The second-order valence-corrected chi connectivity index (χ2v) is 4.37. The molecular formula is C11H16N2O6. The summed E-state index contributed by atoms with van der Waals surface area (Å²) in [5, 5.41) is 18.6. The van der Waals surface area contributed by atoms with Gasteiger partial charge in [0.15, 0.2) is 0 Å². The lowest BCUT2D eigenvalue weighted by Crippen LogP contribution is -2.34. The van der Waals surface area contributed by atoms with Crippen molar-refractivity contribution < 1.29 is 19.7 Å². The normalized spacial score (nSPS) is 26.8. The molecule has 3 N–H and O–H groups in total. The Labute approximate surface area is 108 Å². The highest BCUT2D eigenvalue weighted by molar-refractivity contribution is 5.04. The van der Waals surface area contributed by atoms with Crippen LogP contribution < -0.4 is 11.2 Å². The van der Waals surface area contributed by atoms with E-state index in [1.807, 2.05) is 0 Å². The topological polar surface area (TPSA) is 114 Å². The van der Waals surface area contributed by atoms with Crippen molar-refractivity contribution in [2.75, 3.05) is 13.7 Å². The van der Waals surface area contributed by atoms with Crippen molar-refractivity contribution in [1.29, 1.82) is 0 Å². The maximum atomic E-state index is 11.7. The van der Waals surface area contributed by atoms with E-state index in [4.69, 9.17) is 14.6 Å². The van der Waals surface area contributed by atoms with E-state index in [9.17, 15) is 14.7 Å². The van der Waals surface area contributed by atoms with E-state index in [1.165, 1.54) is 17.9 Å². The summed E-state index contributed by atoms with van der Waals surface area (Å²) in [6.07, 6.45) is -0.771. The molecule has 0 aliphatic carbocycles. The molecule has 8 heteroatoms. The monoisotopic (exact) mass is 272 g/mol. The third-order valence-corrected chi connectivity index (χ3v) is 3.04. The molecular weight excluding hydrogens is 256 g/mol. The fourth-order valence-corrected chi connectivity index (χ4v) is 2.05. The minimum atomic E-state index is -0.847. The van der Waals surface area contributed by atoms with Gasteiger partial charge in [-0.05, 0) is 0 Å². The van der Waals surface area contributed by atoms with Crippen LogP contribution in [0, 0.1) is 0 Å². The summed E-state index contributed by atoms with van der Waals surface area (Å²) in [6.45, 7) is -0.269. The van der Waals surface area contributed by atoms with Crippen molar-refractivity contribution in [3.63, 3.8) is 0 Å². The molecule has 1 aromatic rings. The van der Waals surface area contributed by atoms with Crippen LogP contribution >= 0.6 is 0 Å². The number of rotatable bonds is 4. The first-order valence-electron chi connectivity index (χ1n) is 5.84. The predicted molar refractivity (Wildman–Crippen MR) is 63.7 cm³/mol. The van der Waals surface area contributed by atoms with Crippen molar-refractivity contribution in [3.05, 3.63) is 32.6 Å². The summed E-state index contributed by atoms with van der Waals surface area (Å²) in [7, 11) is 1.44. The smallest absolute Gasteiger partial charge is 0.330 e. The molecule has 1 aliphatic rings. The van der Waals surface area contributed by atoms with Gasteiger partial charge in [0.1, 0.15) is 12.3 Å². The van der Waals surface area contributed by atoms with Crippen molar-refractivity contribution in [3.8, 4) is 0 Å². The van der Waals surface area contributed by atoms with E-state index in [2.05, 4.69) is 4.98 Å². The van der Waals surface area contributed by atoms with Crippen LogP contribution in [0.4, 0.5) is 0 Å². The Kier molecular flexibility index (Phi) is 4.15. The number of aliphatic hydroxyl groups is 2. The van der Waals surface area contributed by atoms with Crippen LogP contribution in [0.25, 0.3) is 0 Å². The molecule has 19 heavy (non-hydrogen) atoms. The molecule has 0 unspecified atom stereocenters. The maximum absolute atomic E-state index is 11.7. The minimum absolute atomic E-state index is 0.0638. The molecule has 1 aromatic heterocycles. The molecule has 0 radical (unpaired) electrons. The second-order valence-electron chi connectivity index (χ2n) is 4.37. The largest absolute Gasteiger partial charge is 0.394 e. The number of aromatic nitrogens is 2. The number of hydrogen-bond donors (Lipinski definition) is 3. The highest BCUT2D eigenvalue weighted by Gasteiger charge is 2.35. The van der Waals surface area contributed by atoms with Gasteiger partial charge in [-0.15, -0.1) is 0 Å². The van der Waals surface area contributed by atoms with Crippen molar-refractivity contribution >= 4 is 0 Å². The number of H-pyrrole nitrogens is 1. The van der Waals surface area contributed by atoms with E-state index in [0.717, 1.165) is 0 Å². The molecule has 106 valence electrons. The van der Waals surface area contributed by atoms with Crippen LogP contribution in [0.3, 0.4) is 0 Å². The quantitative estimate of drug-likeness (QED) is 0.603. The Morgan fingerprint density at radius 2 is 2.32 bits per heavy atom. The number of methoxy groups -OCH3 is 1. The van der Waals surface area contributed by atoms with Gasteiger partial charge in [-0.2, -0.15) is 0 Å². The van der Waals surface area contributed by atoms with Crippen molar-refractivity contribution in [2.24, 2.45) is 0 Å². The zero-order chi connectivity index (χ0) is 14.0. The van der Waals surface area contributed by atoms with Gasteiger partial charge in [0.05, 0.1) is 24.9 Å². The van der Waals surface area contributed by atoms with Crippen LogP contribution in [0.5, 0.6) is 0 Å². The van der Waals surface area contributed by atoms with E-state index >= 15 is 0 Å². The highest BCUT2D eigenvalue weighted by Crippen LogP contribution is 2.27. The zero-order valence-corrected chi connectivity index (χ0v) is 10.4. The van der Waals surface area contributed by atoms with Crippen LogP contribution in [0.1, 0.15) is 18.2 Å². The SMILES string of the molecule is COCc1cn([C@H]2C[C@@H](O)[C@@H](CO)O2)c(=O)[nH]c1=O. The number of ether oxygens (including phenoxy) is 2. The van der Waals surface area contributed by atoms with Crippen LogP contribution in [-0.2, 0) is 16.1 Å². The standard InChI is InChI=1S/C11H16N2O6/c1-18-5-6-3-13(11(17)12-10(6)16)9-2-7(15)8(4-14)19-9/h3,7-9,14-15H,2,4-5H2,1H3,(H,12,16,17)/t7-,8-,9-/m1/s1. The fraction of sp³-hybridized carbons (Fsp3) is 0.636. The van der Waals surface area contributed by atoms with E-state index in [0.29, 0.717) is 0 Å². The number of aliphatic hydroxyl groups excluding tert-OH is 2. The van der Waals surface area contributed by atoms with Crippen LogP contribution in [-0.4, -0.2) is 45.7 Å². The van der Waals surface area contributed by atoms with E-state index < -0.39 is 29.7 Å². The number of hydrogen-bond acceptors (Lipinski definition) is 6. The summed E-state index contributed by atoms with van der Waals surface area (Å²) in [4.78, 5) is 25.4. The lowest BCUT2D eigenvalue weighted by atomic mass is 10.2. The van der Waals surface area contributed by atoms with E-state index in [-0.39, 0.29) is 25.2 Å². The molecule has 1 aliphatic heterocycles. The Balaban J connectivity index is 2.33. The summed E-state index contributed by atoms with van der Waals surface area (Å²) in [6, 6.07) is 0. The van der Waals surface area contributed by atoms with Gasteiger partial charge in [-0.1, -0.05) is 0 Å². The summed E-state index contributed by atoms with van der Waals surface area (Å²) < 4.78 is 11.4. The van der Waals surface area contributed by atoms with Gasteiger partial charge in [0, 0.05) is 19.7 Å². The molecule has 8 nitrogen and oxygen atoms in total. The first-order chi connectivity index (χ1) is 9.06. The Morgan fingerprint density at radius 1 is 1.58 bits per heavy atom. The Morgan fingerprint density at radius 3 is 2.89 bits per heavy atom. The average molecular weight is 272 g/mol. The molecule has 0 aromatic carbocycles. The third-order valence-electron chi connectivity index (χ3n) is 3.04. The van der Waals surface area contributed by atoms with Gasteiger partial charge >= 0.3 is 5.69 Å². The molecule has 0 saturated carbocycles. The molecule has 0 spiro atoms. The van der Waals surface area contributed by atoms with Crippen molar-refractivity contribution in [2.45, 2.75) is 31.5 Å². The summed E-state index contributed by atoms with van der Waals surface area (Å²) in [5.41, 5.74) is -0.853. The Hall–Kier alpha value is -1.48. The minimum Gasteiger partial charge on any atom is -0.394 e. The highest BCUT2D eigenvalue weighted by atomic mass is 16.5. The van der Waals surface area contributed by atoms with E-state index in [1.54, 1.807) is 0 Å². The predicted octanol–water partition coefficient (Wildman–Crippen LogP) is -1.68. The zero-order valence-electron chi connectivity index (χ0n) is 10.4. The number of aromatic amines is 1. The number of nitrogens with zero attached hydrogens (tertiary/aromatic N) is 1. The summed E-state index contributed by atoms with van der Waals surface area (Å²) in [5.74, 6) is 0. The lowest BCUT2D eigenvalue weighted by Gasteiger charge is -2.15. The first kappa shape index (κ1) is 13.9. The van der Waals surface area contributed by atoms with Crippen molar-refractivity contribution in [1.82, 2.24) is 9.55 Å². The van der Waals surface area contributed by atoms with Gasteiger partial charge in [0.2, 0.25) is 0 Å². The van der Waals surface area contributed by atoms with Gasteiger partial charge < -0.3 is 19.7 Å². The average Bonchev–Trinajstić information content (AvgIpc) is 2.74. The molecule has 0 bridgehead atoms. The molecule has 2 heterocycles. The fourth-order valence-electron chi connectivity index (χ4n) is 2.05. The van der Waals surface area contributed by atoms with Gasteiger partial charge in [-0.25, -0.2) is 4.79 Å². The second kappa shape index (κ2) is 5.66. The molecule has 2 rings (SSSR count). The molecule has 1 fully saturated rings. The van der Waals surface area contributed by atoms with Crippen LogP contribution in [0.2, 0.25) is 0 Å². The summed E-state index contributed by atoms with van der Waals surface area (Å²) >= 11 is 0. The van der Waals surface area contributed by atoms with Gasteiger partial charge in [-0.3, -0.25) is 14.3 Å². The Bertz CT molecular complexity index is 551. The maximum Gasteiger partial charge on any atom is 0.330 e. The first-order valence-corrected chi connectivity index (χ1v) is 5.84. The number of nitrogens with one attached hydrogen (secondary N) is 1. The molecule has 0 amide bonds. The van der Waals surface area contributed by atoms with Gasteiger partial charge in [0.25, 0.3) is 5.56 Å². The van der Waals surface area contributed by atoms with Crippen LogP contribution in [0.15, 0.2) is 15.8 Å².